The number of methoxy groups -OCH3 is 2. The van der Waals surface area contributed by atoms with Crippen molar-refractivity contribution in [1.82, 2.24) is 9.97 Å². The molecule has 0 aliphatic carbocycles. The van der Waals surface area contributed by atoms with Crippen LogP contribution in [0.4, 0.5) is 5.95 Å². The minimum Gasteiger partial charge on any atom is -0.392 e. The number of aliphatic hydroxyl groups excluding tert-OH is 1. The Morgan fingerprint density at radius 3 is 2.06 bits per heavy atom. The van der Waals surface area contributed by atoms with E-state index in [1.807, 2.05) is 4.90 Å². The van der Waals surface area contributed by atoms with E-state index in [1.165, 1.54) is 0 Å². The van der Waals surface area contributed by atoms with Crippen molar-refractivity contribution >= 4 is 5.95 Å². The van der Waals surface area contributed by atoms with Crippen LogP contribution in [0, 0.1) is 0 Å². The molecular weight excluding hydrogens is 222 g/mol. The largest absolute Gasteiger partial charge is 0.392 e. The van der Waals surface area contributed by atoms with E-state index < -0.39 is 0 Å². The first-order valence-corrected chi connectivity index (χ1v) is 5.46. The fourth-order valence-electron chi connectivity index (χ4n) is 1.31. The van der Waals surface area contributed by atoms with Gasteiger partial charge in [-0.3, -0.25) is 0 Å². The molecule has 0 amide bonds. The van der Waals surface area contributed by atoms with Gasteiger partial charge in [0.25, 0.3) is 0 Å². The molecule has 96 valence electrons. The normalized spacial score (nSPS) is 10.5. The highest BCUT2D eigenvalue weighted by Crippen LogP contribution is 2.06. The van der Waals surface area contributed by atoms with Crippen molar-refractivity contribution < 1.29 is 14.6 Å². The minimum absolute atomic E-state index is 0.0452. The molecule has 0 aromatic carbocycles. The van der Waals surface area contributed by atoms with Crippen LogP contribution >= 0.6 is 0 Å². The molecule has 1 aromatic rings. The number of anilines is 1. The summed E-state index contributed by atoms with van der Waals surface area (Å²) in [6.45, 7) is 2.58. The van der Waals surface area contributed by atoms with Crippen LogP contribution in [0.2, 0.25) is 0 Å². The van der Waals surface area contributed by atoms with E-state index in [4.69, 9.17) is 14.6 Å². The van der Waals surface area contributed by atoms with Crippen molar-refractivity contribution in [1.29, 1.82) is 0 Å². The van der Waals surface area contributed by atoms with Gasteiger partial charge >= 0.3 is 0 Å². The van der Waals surface area contributed by atoms with Crippen LogP contribution < -0.4 is 4.90 Å². The Balaban J connectivity index is 2.65. The van der Waals surface area contributed by atoms with Crippen LogP contribution in [0.15, 0.2) is 12.4 Å². The third-order valence-corrected chi connectivity index (χ3v) is 2.29. The second-order valence-corrected chi connectivity index (χ2v) is 3.52. The molecule has 0 saturated carbocycles. The van der Waals surface area contributed by atoms with E-state index in [2.05, 4.69) is 9.97 Å². The molecule has 17 heavy (non-hydrogen) atoms. The molecule has 6 heteroatoms. The Kier molecular flexibility index (Phi) is 6.46. The number of ether oxygens (including phenoxy) is 2. The standard InChI is InChI=1S/C11H19N3O3/c1-16-5-3-14(4-6-17-2)11-12-7-10(9-15)8-13-11/h7-8,15H,3-6,9H2,1-2H3. The van der Waals surface area contributed by atoms with Crippen molar-refractivity contribution in [3.63, 3.8) is 0 Å². The summed E-state index contributed by atoms with van der Waals surface area (Å²) in [5, 5.41) is 8.92. The lowest BCUT2D eigenvalue weighted by Crippen LogP contribution is -2.32. The van der Waals surface area contributed by atoms with E-state index >= 15 is 0 Å². The van der Waals surface area contributed by atoms with Gasteiger partial charge in [-0.15, -0.1) is 0 Å². The first-order chi connectivity index (χ1) is 8.31. The number of aliphatic hydroxyl groups is 1. The number of aromatic nitrogens is 2. The summed E-state index contributed by atoms with van der Waals surface area (Å²) in [6, 6.07) is 0. The molecule has 1 N–H and O–H groups in total. The van der Waals surface area contributed by atoms with Gasteiger partial charge in [-0.05, 0) is 0 Å². The molecule has 0 saturated heterocycles. The average molecular weight is 241 g/mol. The smallest absolute Gasteiger partial charge is 0.225 e. The Labute approximate surface area is 101 Å². The fraction of sp³-hybridized carbons (Fsp3) is 0.636. The molecule has 0 unspecified atom stereocenters. The zero-order valence-electron chi connectivity index (χ0n) is 10.3. The lowest BCUT2D eigenvalue weighted by atomic mass is 10.4. The highest BCUT2D eigenvalue weighted by Gasteiger charge is 2.08. The first-order valence-electron chi connectivity index (χ1n) is 5.46. The number of hydrogen-bond donors (Lipinski definition) is 1. The average Bonchev–Trinajstić information content (AvgIpc) is 2.39. The predicted octanol–water partition coefficient (Wildman–Crippen LogP) is 0.0681. The summed E-state index contributed by atoms with van der Waals surface area (Å²) >= 11 is 0. The van der Waals surface area contributed by atoms with E-state index in [9.17, 15) is 0 Å². The van der Waals surface area contributed by atoms with Crippen LogP contribution in [0.25, 0.3) is 0 Å². The maximum atomic E-state index is 8.92. The summed E-state index contributed by atoms with van der Waals surface area (Å²) < 4.78 is 10.1. The second-order valence-electron chi connectivity index (χ2n) is 3.52. The molecule has 1 rings (SSSR count). The molecule has 6 nitrogen and oxygen atoms in total. The number of rotatable bonds is 8. The minimum atomic E-state index is -0.0452. The van der Waals surface area contributed by atoms with Gasteiger partial charge in [0.1, 0.15) is 0 Å². The lowest BCUT2D eigenvalue weighted by molar-refractivity contribution is 0.189. The van der Waals surface area contributed by atoms with Crippen molar-refractivity contribution in [2.24, 2.45) is 0 Å². The fourth-order valence-corrected chi connectivity index (χ4v) is 1.31. The van der Waals surface area contributed by atoms with Crippen molar-refractivity contribution in [3.8, 4) is 0 Å². The van der Waals surface area contributed by atoms with Crippen LogP contribution in [0.5, 0.6) is 0 Å². The summed E-state index contributed by atoms with van der Waals surface area (Å²) in [5.41, 5.74) is 0.701. The quantitative estimate of drug-likeness (QED) is 0.694. The van der Waals surface area contributed by atoms with E-state index in [0.717, 1.165) is 0 Å². The molecule has 0 bridgehead atoms. The maximum Gasteiger partial charge on any atom is 0.225 e. The molecule has 0 spiro atoms. The molecule has 1 heterocycles. The number of hydrogen-bond acceptors (Lipinski definition) is 6. The van der Waals surface area contributed by atoms with Gasteiger partial charge < -0.3 is 19.5 Å². The summed E-state index contributed by atoms with van der Waals surface area (Å²) in [4.78, 5) is 10.4. The van der Waals surface area contributed by atoms with Gasteiger partial charge in [0.2, 0.25) is 5.95 Å². The van der Waals surface area contributed by atoms with Crippen molar-refractivity contribution in [3.05, 3.63) is 18.0 Å². The summed E-state index contributed by atoms with van der Waals surface area (Å²) in [5.74, 6) is 0.622. The highest BCUT2D eigenvalue weighted by atomic mass is 16.5. The summed E-state index contributed by atoms with van der Waals surface area (Å²) in [7, 11) is 3.31. The summed E-state index contributed by atoms with van der Waals surface area (Å²) in [6.07, 6.45) is 3.24. The predicted molar refractivity (Wildman–Crippen MR) is 63.9 cm³/mol. The van der Waals surface area contributed by atoms with Gasteiger partial charge in [0.15, 0.2) is 0 Å². The van der Waals surface area contributed by atoms with Crippen molar-refractivity contribution in [2.75, 3.05) is 45.4 Å². The third kappa shape index (κ3) is 4.64. The van der Waals surface area contributed by atoms with Gasteiger partial charge in [0, 0.05) is 45.3 Å². The first kappa shape index (κ1) is 13.8. The van der Waals surface area contributed by atoms with Crippen molar-refractivity contribution in [2.45, 2.75) is 6.61 Å². The zero-order chi connectivity index (χ0) is 12.5. The highest BCUT2D eigenvalue weighted by molar-refractivity contribution is 5.29. The second kappa shape index (κ2) is 7.94. The molecule has 0 fully saturated rings. The van der Waals surface area contributed by atoms with Crippen LogP contribution in [-0.4, -0.2) is 55.6 Å². The van der Waals surface area contributed by atoms with Gasteiger partial charge in [-0.25, -0.2) is 9.97 Å². The van der Waals surface area contributed by atoms with Crippen LogP contribution in [0.1, 0.15) is 5.56 Å². The lowest BCUT2D eigenvalue weighted by Gasteiger charge is -2.21. The van der Waals surface area contributed by atoms with Crippen LogP contribution in [0.3, 0.4) is 0 Å². The molecule has 0 atom stereocenters. The van der Waals surface area contributed by atoms with E-state index in [-0.39, 0.29) is 6.61 Å². The molecule has 0 aliphatic rings. The molecule has 1 aromatic heterocycles. The van der Waals surface area contributed by atoms with Gasteiger partial charge in [-0.2, -0.15) is 0 Å². The van der Waals surface area contributed by atoms with E-state index in [1.54, 1.807) is 26.6 Å². The number of nitrogens with zero attached hydrogens (tertiary/aromatic N) is 3. The SMILES string of the molecule is COCCN(CCOC)c1ncc(CO)cn1. The maximum absolute atomic E-state index is 8.92. The molecule has 0 aliphatic heterocycles. The zero-order valence-corrected chi connectivity index (χ0v) is 10.3. The van der Waals surface area contributed by atoms with Gasteiger partial charge in [0.05, 0.1) is 19.8 Å². The van der Waals surface area contributed by atoms with E-state index in [0.29, 0.717) is 37.8 Å². The Morgan fingerprint density at radius 1 is 1.12 bits per heavy atom. The topological polar surface area (TPSA) is 67.7 Å². The Bertz CT molecular complexity index is 297. The Hall–Kier alpha value is -1.24. The van der Waals surface area contributed by atoms with Crippen LogP contribution in [-0.2, 0) is 16.1 Å². The monoisotopic (exact) mass is 241 g/mol. The molecular formula is C11H19N3O3. The van der Waals surface area contributed by atoms with Gasteiger partial charge in [-0.1, -0.05) is 0 Å². The molecule has 0 radical (unpaired) electrons. The third-order valence-electron chi connectivity index (χ3n) is 2.29. The Morgan fingerprint density at radius 2 is 1.65 bits per heavy atom.